The van der Waals surface area contributed by atoms with Crippen molar-refractivity contribution in [1.29, 1.82) is 0 Å². The van der Waals surface area contributed by atoms with Crippen LogP contribution in [0.3, 0.4) is 0 Å². The first-order valence-corrected chi connectivity index (χ1v) is 6.85. The van der Waals surface area contributed by atoms with Crippen LogP contribution in [0.4, 0.5) is 0 Å². The number of likely N-dealkylation sites (tertiary alicyclic amines) is 1. The molecule has 1 saturated heterocycles. The van der Waals surface area contributed by atoms with Gasteiger partial charge in [-0.1, -0.05) is 6.92 Å². The fraction of sp³-hybridized carbons (Fsp3) is 0.643. The third-order valence-corrected chi connectivity index (χ3v) is 3.35. The minimum Gasteiger partial charge on any atom is -0.465 e. The molecule has 0 spiro atoms. The largest absolute Gasteiger partial charge is 0.465 e. The first-order chi connectivity index (χ1) is 8.79. The Balaban J connectivity index is 1.69. The van der Waals surface area contributed by atoms with Gasteiger partial charge in [-0.25, -0.2) is 0 Å². The minimum absolute atomic E-state index is 0.206. The summed E-state index contributed by atoms with van der Waals surface area (Å²) in [4.78, 5) is 13.8. The summed E-state index contributed by atoms with van der Waals surface area (Å²) in [7, 11) is 0. The maximum Gasteiger partial charge on any atom is 0.236 e. The molecule has 1 fully saturated rings. The van der Waals surface area contributed by atoms with Crippen molar-refractivity contribution in [3.05, 3.63) is 23.7 Å². The quantitative estimate of drug-likeness (QED) is 0.868. The van der Waals surface area contributed by atoms with Gasteiger partial charge in [0, 0.05) is 19.5 Å². The predicted molar refractivity (Wildman–Crippen MR) is 70.2 cm³/mol. The zero-order chi connectivity index (χ0) is 12.8. The van der Waals surface area contributed by atoms with E-state index in [4.69, 9.17) is 4.42 Å². The Bertz CT molecular complexity index is 381. The standard InChI is InChI=1S/C14H22N2O2/c1-2-12-6-7-13(18-12)10-15-11-14(17)16-8-4-3-5-9-16/h6-7,15H,2-5,8-11H2,1H3. The smallest absolute Gasteiger partial charge is 0.236 e. The van der Waals surface area contributed by atoms with Crippen LogP contribution in [0.5, 0.6) is 0 Å². The highest BCUT2D eigenvalue weighted by atomic mass is 16.3. The lowest BCUT2D eigenvalue weighted by atomic mass is 10.1. The second-order valence-electron chi connectivity index (χ2n) is 4.77. The number of nitrogens with zero attached hydrogens (tertiary/aromatic N) is 1. The molecule has 2 rings (SSSR count). The summed E-state index contributed by atoms with van der Waals surface area (Å²) >= 11 is 0. The summed E-state index contributed by atoms with van der Waals surface area (Å²) < 4.78 is 5.57. The summed E-state index contributed by atoms with van der Waals surface area (Å²) in [5.74, 6) is 2.10. The lowest BCUT2D eigenvalue weighted by Gasteiger charge is -2.26. The number of aryl methyl sites for hydroxylation is 1. The van der Waals surface area contributed by atoms with Crippen molar-refractivity contribution in [2.45, 2.75) is 39.2 Å². The van der Waals surface area contributed by atoms with E-state index in [0.29, 0.717) is 13.1 Å². The highest BCUT2D eigenvalue weighted by Gasteiger charge is 2.15. The van der Waals surface area contributed by atoms with Crippen LogP contribution in [0, 0.1) is 0 Å². The molecule has 4 heteroatoms. The third kappa shape index (κ3) is 3.60. The Morgan fingerprint density at radius 1 is 1.28 bits per heavy atom. The molecule has 0 saturated carbocycles. The molecule has 0 unspecified atom stereocenters. The van der Waals surface area contributed by atoms with Gasteiger partial charge in [0.15, 0.2) is 0 Å². The van der Waals surface area contributed by atoms with Crippen LogP contribution in [-0.4, -0.2) is 30.4 Å². The highest BCUT2D eigenvalue weighted by Crippen LogP contribution is 2.09. The monoisotopic (exact) mass is 250 g/mol. The van der Waals surface area contributed by atoms with Gasteiger partial charge in [-0.15, -0.1) is 0 Å². The zero-order valence-corrected chi connectivity index (χ0v) is 11.1. The normalized spacial score (nSPS) is 15.9. The Morgan fingerprint density at radius 3 is 2.67 bits per heavy atom. The van der Waals surface area contributed by atoms with Crippen molar-refractivity contribution in [2.24, 2.45) is 0 Å². The van der Waals surface area contributed by atoms with Crippen LogP contribution < -0.4 is 5.32 Å². The van der Waals surface area contributed by atoms with Crippen LogP contribution in [0.2, 0.25) is 0 Å². The lowest BCUT2D eigenvalue weighted by Crippen LogP contribution is -2.40. The van der Waals surface area contributed by atoms with Crippen molar-refractivity contribution in [3.63, 3.8) is 0 Å². The predicted octanol–water partition coefficient (Wildman–Crippen LogP) is 1.94. The number of hydrogen-bond acceptors (Lipinski definition) is 3. The second kappa shape index (κ2) is 6.59. The van der Waals surface area contributed by atoms with Crippen molar-refractivity contribution >= 4 is 5.91 Å². The van der Waals surface area contributed by atoms with Crippen molar-refractivity contribution in [3.8, 4) is 0 Å². The molecule has 2 heterocycles. The minimum atomic E-state index is 0.206. The van der Waals surface area contributed by atoms with Gasteiger partial charge < -0.3 is 14.6 Å². The molecule has 1 aromatic rings. The SMILES string of the molecule is CCc1ccc(CNCC(=O)N2CCCCC2)o1. The maximum absolute atomic E-state index is 11.9. The number of carbonyl (C=O) groups excluding carboxylic acids is 1. The van der Waals surface area contributed by atoms with Gasteiger partial charge in [-0.2, -0.15) is 0 Å². The van der Waals surface area contributed by atoms with Crippen molar-refractivity contribution in [2.75, 3.05) is 19.6 Å². The number of piperidine rings is 1. The number of furan rings is 1. The van der Waals surface area contributed by atoms with Crippen LogP contribution >= 0.6 is 0 Å². The third-order valence-electron chi connectivity index (χ3n) is 3.35. The van der Waals surface area contributed by atoms with E-state index < -0.39 is 0 Å². The van der Waals surface area contributed by atoms with E-state index in [1.165, 1.54) is 6.42 Å². The molecule has 0 bridgehead atoms. The maximum atomic E-state index is 11.9. The zero-order valence-electron chi connectivity index (χ0n) is 11.1. The molecular formula is C14H22N2O2. The molecule has 1 N–H and O–H groups in total. The Hall–Kier alpha value is -1.29. The first kappa shape index (κ1) is 13.1. The molecule has 0 radical (unpaired) electrons. The van der Waals surface area contributed by atoms with Gasteiger partial charge >= 0.3 is 0 Å². The van der Waals surface area contributed by atoms with Crippen LogP contribution in [0.1, 0.15) is 37.7 Å². The van der Waals surface area contributed by atoms with Crippen LogP contribution in [-0.2, 0) is 17.8 Å². The molecule has 100 valence electrons. The first-order valence-electron chi connectivity index (χ1n) is 6.85. The fourth-order valence-corrected chi connectivity index (χ4v) is 2.26. The van der Waals surface area contributed by atoms with E-state index in [9.17, 15) is 4.79 Å². The molecule has 4 nitrogen and oxygen atoms in total. The number of hydrogen-bond donors (Lipinski definition) is 1. The molecule has 0 aromatic carbocycles. The van der Waals surface area contributed by atoms with E-state index in [-0.39, 0.29) is 5.91 Å². The summed E-state index contributed by atoms with van der Waals surface area (Å²) in [6.07, 6.45) is 4.45. The van der Waals surface area contributed by atoms with Crippen molar-refractivity contribution in [1.82, 2.24) is 10.2 Å². The molecule has 1 aliphatic heterocycles. The number of nitrogens with one attached hydrogen (secondary N) is 1. The molecule has 1 aliphatic rings. The van der Waals surface area contributed by atoms with E-state index in [1.807, 2.05) is 17.0 Å². The molecule has 1 aromatic heterocycles. The van der Waals surface area contributed by atoms with E-state index in [0.717, 1.165) is 43.9 Å². The average Bonchev–Trinajstić information content (AvgIpc) is 2.87. The van der Waals surface area contributed by atoms with Gasteiger partial charge in [-0.05, 0) is 31.4 Å². The topological polar surface area (TPSA) is 45.5 Å². The molecule has 0 aliphatic carbocycles. The van der Waals surface area contributed by atoms with E-state index in [2.05, 4.69) is 12.2 Å². The molecular weight excluding hydrogens is 228 g/mol. The van der Waals surface area contributed by atoms with Gasteiger partial charge in [0.2, 0.25) is 5.91 Å². The van der Waals surface area contributed by atoms with Gasteiger partial charge in [-0.3, -0.25) is 4.79 Å². The second-order valence-corrected chi connectivity index (χ2v) is 4.77. The number of amides is 1. The molecule has 0 atom stereocenters. The summed E-state index contributed by atoms with van der Waals surface area (Å²) in [5.41, 5.74) is 0. The van der Waals surface area contributed by atoms with E-state index >= 15 is 0 Å². The fourth-order valence-electron chi connectivity index (χ4n) is 2.26. The number of rotatable bonds is 5. The van der Waals surface area contributed by atoms with Gasteiger partial charge in [0.05, 0.1) is 13.1 Å². The van der Waals surface area contributed by atoms with Crippen molar-refractivity contribution < 1.29 is 9.21 Å². The Kier molecular flexibility index (Phi) is 4.81. The van der Waals surface area contributed by atoms with E-state index in [1.54, 1.807) is 0 Å². The summed E-state index contributed by atoms with van der Waals surface area (Å²) in [6.45, 7) is 4.93. The summed E-state index contributed by atoms with van der Waals surface area (Å²) in [5, 5.41) is 3.15. The average molecular weight is 250 g/mol. The number of carbonyl (C=O) groups is 1. The van der Waals surface area contributed by atoms with Gasteiger partial charge in [0.25, 0.3) is 0 Å². The molecule has 1 amide bonds. The Labute approximate surface area is 108 Å². The highest BCUT2D eigenvalue weighted by molar-refractivity contribution is 5.78. The van der Waals surface area contributed by atoms with Gasteiger partial charge in [0.1, 0.15) is 11.5 Å². The van der Waals surface area contributed by atoms with Crippen LogP contribution in [0.15, 0.2) is 16.5 Å². The summed E-state index contributed by atoms with van der Waals surface area (Å²) in [6, 6.07) is 3.96. The lowest BCUT2D eigenvalue weighted by molar-refractivity contribution is -0.131. The molecule has 18 heavy (non-hydrogen) atoms. The Morgan fingerprint density at radius 2 is 2.00 bits per heavy atom. The van der Waals surface area contributed by atoms with Crippen LogP contribution in [0.25, 0.3) is 0 Å².